The molecule has 0 rings (SSSR count). The fourth-order valence-corrected chi connectivity index (χ4v) is 0.290. The lowest BCUT2D eigenvalue weighted by molar-refractivity contribution is -0.119. The van der Waals surface area contributed by atoms with Crippen molar-refractivity contribution in [2.24, 2.45) is 5.84 Å². The SMILES string of the molecule is CC(C)=C(F)C(=O)NN.Cl. The van der Waals surface area contributed by atoms with Crippen molar-refractivity contribution in [1.29, 1.82) is 0 Å². The molecular formula is C5H10ClFN2O. The molecule has 3 N–H and O–H groups in total. The lowest BCUT2D eigenvalue weighted by Crippen LogP contribution is -2.30. The first kappa shape index (κ1) is 12.1. The minimum atomic E-state index is -0.880. The van der Waals surface area contributed by atoms with E-state index in [9.17, 15) is 9.18 Å². The van der Waals surface area contributed by atoms with E-state index in [4.69, 9.17) is 0 Å². The Kier molecular flexibility index (Phi) is 6.29. The number of rotatable bonds is 1. The molecule has 0 aromatic heterocycles. The van der Waals surface area contributed by atoms with Crippen LogP contribution in [-0.4, -0.2) is 5.91 Å². The summed E-state index contributed by atoms with van der Waals surface area (Å²) in [6, 6.07) is 0. The van der Waals surface area contributed by atoms with Crippen molar-refractivity contribution in [3.63, 3.8) is 0 Å². The number of hydrogen-bond acceptors (Lipinski definition) is 2. The highest BCUT2D eigenvalue weighted by Gasteiger charge is 2.06. The van der Waals surface area contributed by atoms with Gasteiger partial charge in [0.05, 0.1) is 0 Å². The number of hydrogen-bond donors (Lipinski definition) is 2. The molecule has 0 saturated carbocycles. The van der Waals surface area contributed by atoms with Crippen LogP contribution >= 0.6 is 12.4 Å². The van der Waals surface area contributed by atoms with Gasteiger partial charge in [0.2, 0.25) is 0 Å². The van der Waals surface area contributed by atoms with Gasteiger partial charge in [0.15, 0.2) is 5.83 Å². The monoisotopic (exact) mass is 168 g/mol. The van der Waals surface area contributed by atoms with Crippen LogP contribution in [0.4, 0.5) is 4.39 Å². The van der Waals surface area contributed by atoms with Crippen LogP contribution < -0.4 is 11.3 Å². The molecule has 0 unspecified atom stereocenters. The molecule has 60 valence electrons. The molecule has 0 aromatic rings. The molecule has 5 heteroatoms. The maximum Gasteiger partial charge on any atom is 0.293 e. The van der Waals surface area contributed by atoms with Crippen LogP contribution in [0.25, 0.3) is 0 Å². The molecule has 0 aliphatic heterocycles. The van der Waals surface area contributed by atoms with Gasteiger partial charge < -0.3 is 0 Å². The van der Waals surface area contributed by atoms with E-state index in [1.165, 1.54) is 13.8 Å². The summed E-state index contributed by atoms with van der Waals surface area (Å²) in [5.41, 5.74) is 1.99. The predicted molar refractivity (Wildman–Crippen MR) is 39.1 cm³/mol. The van der Waals surface area contributed by atoms with E-state index >= 15 is 0 Å². The van der Waals surface area contributed by atoms with Crippen LogP contribution in [-0.2, 0) is 4.79 Å². The predicted octanol–water partition coefficient (Wildman–Crippen LogP) is 0.661. The number of allylic oxidation sites excluding steroid dienone is 1. The van der Waals surface area contributed by atoms with Gasteiger partial charge in [-0.15, -0.1) is 12.4 Å². The van der Waals surface area contributed by atoms with Crippen molar-refractivity contribution < 1.29 is 9.18 Å². The topological polar surface area (TPSA) is 55.1 Å². The average molecular weight is 169 g/mol. The largest absolute Gasteiger partial charge is 0.293 e. The number of carbonyl (C=O) groups excluding carboxylic acids is 1. The van der Waals surface area contributed by atoms with Gasteiger partial charge in [0.25, 0.3) is 5.91 Å². The molecule has 0 spiro atoms. The maximum atomic E-state index is 12.3. The summed E-state index contributed by atoms with van der Waals surface area (Å²) in [6.07, 6.45) is 0. The first-order valence-corrected chi connectivity index (χ1v) is 2.43. The second-order valence-corrected chi connectivity index (χ2v) is 1.79. The summed E-state index contributed by atoms with van der Waals surface area (Å²) < 4.78 is 12.3. The van der Waals surface area contributed by atoms with Crippen LogP contribution in [0.1, 0.15) is 13.8 Å². The molecule has 10 heavy (non-hydrogen) atoms. The third kappa shape index (κ3) is 3.42. The van der Waals surface area contributed by atoms with Crippen molar-refractivity contribution in [2.75, 3.05) is 0 Å². The molecule has 0 atom stereocenters. The second kappa shape index (κ2) is 5.20. The highest BCUT2D eigenvalue weighted by molar-refractivity contribution is 5.91. The number of amides is 1. The van der Waals surface area contributed by atoms with E-state index in [2.05, 4.69) is 5.84 Å². The Hall–Kier alpha value is -0.610. The minimum absolute atomic E-state index is 0. The maximum absolute atomic E-state index is 12.3. The molecule has 0 saturated heterocycles. The van der Waals surface area contributed by atoms with E-state index < -0.39 is 11.7 Å². The number of carbonyl (C=O) groups is 1. The molecule has 0 aliphatic carbocycles. The van der Waals surface area contributed by atoms with E-state index in [0.717, 1.165) is 0 Å². The summed E-state index contributed by atoms with van der Waals surface area (Å²) in [5.74, 6) is 2.94. The molecular weight excluding hydrogens is 159 g/mol. The third-order valence-electron chi connectivity index (χ3n) is 0.769. The highest BCUT2D eigenvalue weighted by atomic mass is 35.5. The molecule has 0 fully saturated rings. The van der Waals surface area contributed by atoms with Crippen molar-refractivity contribution >= 4 is 18.3 Å². The zero-order valence-electron chi connectivity index (χ0n) is 5.77. The third-order valence-corrected chi connectivity index (χ3v) is 0.769. The Morgan fingerprint density at radius 2 is 1.90 bits per heavy atom. The van der Waals surface area contributed by atoms with E-state index in [-0.39, 0.29) is 12.4 Å². The molecule has 0 bridgehead atoms. The minimum Gasteiger partial charge on any atom is -0.288 e. The van der Waals surface area contributed by atoms with Gasteiger partial charge in [-0.25, -0.2) is 10.2 Å². The second-order valence-electron chi connectivity index (χ2n) is 1.79. The van der Waals surface area contributed by atoms with Crippen LogP contribution in [0.15, 0.2) is 11.4 Å². The Morgan fingerprint density at radius 3 is 2.00 bits per heavy atom. The zero-order chi connectivity index (χ0) is 7.44. The van der Waals surface area contributed by atoms with E-state index in [0.29, 0.717) is 5.57 Å². The van der Waals surface area contributed by atoms with Gasteiger partial charge >= 0.3 is 0 Å². The highest BCUT2D eigenvalue weighted by Crippen LogP contribution is 2.02. The van der Waals surface area contributed by atoms with Gasteiger partial charge in [0.1, 0.15) is 0 Å². The number of hydrazine groups is 1. The van der Waals surface area contributed by atoms with Crippen molar-refractivity contribution in [3.8, 4) is 0 Å². The summed E-state index contributed by atoms with van der Waals surface area (Å²) in [5, 5.41) is 0. The van der Waals surface area contributed by atoms with Gasteiger partial charge in [-0.1, -0.05) is 0 Å². The van der Waals surface area contributed by atoms with Crippen LogP contribution in [0.5, 0.6) is 0 Å². The lowest BCUT2D eigenvalue weighted by Gasteiger charge is -1.95. The van der Waals surface area contributed by atoms with Crippen LogP contribution in [0, 0.1) is 0 Å². The quantitative estimate of drug-likeness (QED) is 0.262. The van der Waals surface area contributed by atoms with Crippen molar-refractivity contribution in [3.05, 3.63) is 11.4 Å². The van der Waals surface area contributed by atoms with Crippen LogP contribution in [0.3, 0.4) is 0 Å². The summed E-state index contributed by atoms with van der Waals surface area (Å²) in [6.45, 7) is 2.98. The summed E-state index contributed by atoms with van der Waals surface area (Å²) in [7, 11) is 0. The molecule has 1 amide bonds. The first-order valence-electron chi connectivity index (χ1n) is 2.43. The molecule has 3 nitrogen and oxygen atoms in total. The lowest BCUT2D eigenvalue weighted by atomic mass is 10.3. The Morgan fingerprint density at radius 1 is 1.50 bits per heavy atom. The Labute approximate surface area is 64.8 Å². The summed E-state index contributed by atoms with van der Waals surface area (Å²) in [4.78, 5) is 10.3. The standard InChI is InChI=1S/C5H9FN2O.ClH/c1-3(2)4(6)5(9)8-7;/h7H2,1-2H3,(H,8,9);1H. The van der Waals surface area contributed by atoms with Gasteiger partial charge in [0, 0.05) is 0 Å². The van der Waals surface area contributed by atoms with Crippen LogP contribution in [0.2, 0.25) is 0 Å². The number of halogens is 2. The molecule has 0 heterocycles. The normalized spacial score (nSPS) is 7.60. The number of nitrogens with one attached hydrogen (secondary N) is 1. The summed E-state index contributed by atoms with van der Waals surface area (Å²) >= 11 is 0. The Balaban J connectivity index is 0. The molecule has 0 radical (unpaired) electrons. The smallest absolute Gasteiger partial charge is 0.288 e. The molecule has 0 aromatic carbocycles. The van der Waals surface area contributed by atoms with Gasteiger partial charge in [-0.05, 0) is 19.4 Å². The van der Waals surface area contributed by atoms with Crippen molar-refractivity contribution in [2.45, 2.75) is 13.8 Å². The fraction of sp³-hybridized carbons (Fsp3) is 0.400. The van der Waals surface area contributed by atoms with E-state index in [1.54, 1.807) is 5.43 Å². The number of nitrogens with two attached hydrogens (primary N) is 1. The first-order chi connectivity index (χ1) is 4.09. The van der Waals surface area contributed by atoms with E-state index in [1.807, 2.05) is 0 Å². The zero-order valence-corrected chi connectivity index (χ0v) is 6.59. The van der Waals surface area contributed by atoms with Crippen molar-refractivity contribution in [1.82, 2.24) is 5.43 Å². The van der Waals surface area contributed by atoms with Gasteiger partial charge in [-0.3, -0.25) is 10.2 Å². The molecule has 0 aliphatic rings. The van der Waals surface area contributed by atoms with Gasteiger partial charge in [-0.2, -0.15) is 0 Å². The fourth-order valence-electron chi connectivity index (χ4n) is 0.290. The average Bonchev–Trinajstić information content (AvgIpc) is 1.84. The Bertz CT molecular complexity index is 154.